The summed E-state index contributed by atoms with van der Waals surface area (Å²) in [6.07, 6.45) is 1.86. The van der Waals surface area contributed by atoms with Crippen molar-refractivity contribution in [2.45, 2.75) is 13.8 Å². The van der Waals surface area contributed by atoms with Gasteiger partial charge in [-0.05, 0) is 66.7 Å². The molecule has 1 saturated heterocycles. The van der Waals surface area contributed by atoms with Gasteiger partial charge in [0.05, 0.1) is 22.8 Å². The van der Waals surface area contributed by atoms with Crippen LogP contribution in [0, 0.1) is 0 Å². The lowest BCUT2D eigenvalue weighted by molar-refractivity contribution is -0.122. The van der Waals surface area contributed by atoms with Crippen LogP contribution < -0.4 is 4.74 Å². The summed E-state index contributed by atoms with van der Waals surface area (Å²) in [5.74, 6) is -0.440. The van der Waals surface area contributed by atoms with E-state index in [-0.39, 0.29) is 11.5 Å². The highest BCUT2D eigenvalue weighted by atomic mass is 32.2. The highest BCUT2D eigenvalue weighted by Gasteiger charge is 2.32. The van der Waals surface area contributed by atoms with Crippen molar-refractivity contribution in [3.8, 4) is 5.75 Å². The van der Waals surface area contributed by atoms with Gasteiger partial charge >= 0.3 is 5.97 Å². The number of thioether (sulfide) groups is 1. The van der Waals surface area contributed by atoms with Crippen LogP contribution >= 0.6 is 11.8 Å². The van der Waals surface area contributed by atoms with E-state index in [4.69, 9.17) is 4.74 Å². The number of hydrogen-bond acceptors (Lipinski definition) is 5. The Hall–Kier alpha value is -3.58. The molecule has 0 radical (unpaired) electrons. The Labute approximate surface area is 190 Å². The molecule has 1 aliphatic heterocycles. The lowest BCUT2D eigenvalue weighted by atomic mass is 10.0. The third-order valence-electron chi connectivity index (χ3n) is 5.03. The monoisotopic (exact) mass is 446 g/mol. The minimum absolute atomic E-state index is 0.138. The number of amidine groups is 1. The first kappa shape index (κ1) is 21.6. The zero-order chi connectivity index (χ0) is 22.7. The number of likely N-dealkylation sites (N-methyl/N-ethyl adjacent to an activating group) is 1. The first-order valence-electron chi connectivity index (χ1n) is 10.3. The van der Waals surface area contributed by atoms with Crippen molar-refractivity contribution >= 4 is 51.3 Å². The molecule has 1 fully saturated rings. The Kier molecular flexibility index (Phi) is 6.28. The molecule has 162 valence electrons. The van der Waals surface area contributed by atoms with Crippen molar-refractivity contribution in [2.24, 2.45) is 4.99 Å². The van der Waals surface area contributed by atoms with E-state index in [0.717, 1.165) is 22.1 Å². The zero-order valence-corrected chi connectivity index (χ0v) is 18.6. The van der Waals surface area contributed by atoms with E-state index < -0.39 is 5.97 Å². The van der Waals surface area contributed by atoms with Crippen molar-refractivity contribution in [3.63, 3.8) is 0 Å². The maximum absolute atomic E-state index is 13.1. The molecule has 1 heterocycles. The van der Waals surface area contributed by atoms with Crippen LogP contribution in [0.15, 0.2) is 70.6 Å². The summed E-state index contributed by atoms with van der Waals surface area (Å²) in [4.78, 5) is 31.1. The van der Waals surface area contributed by atoms with Crippen LogP contribution in [0.25, 0.3) is 16.8 Å². The van der Waals surface area contributed by atoms with Gasteiger partial charge in [0.1, 0.15) is 5.75 Å². The van der Waals surface area contributed by atoms with E-state index in [9.17, 15) is 14.7 Å². The van der Waals surface area contributed by atoms with E-state index in [1.807, 2.05) is 56.3 Å². The standard InChI is InChI=1S/C25H22N2O4S/c1-3-27-23(28)22(32-25(27)26-18-10-7-9-17(14-18)24(29)30)15-20-19-11-6-5-8-16(19)12-13-21(20)31-4-2/h5-15H,3-4H2,1-2H3,(H,29,30)/b22-15+,26-25?. The molecule has 0 bridgehead atoms. The summed E-state index contributed by atoms with van der Waals surface area (Å²) in [5, 5.41) is 11.8. The SMILES string of the molecule is CCOc1ccc2ccccc2c1/C=C1/SC(=Nc2cccc(C(=O)O)c2)N(CC)C1=O. The number of rotatable bonds is 6. The third-order valence-corrected chi connectivity index (χ3v) is 6.03. The van der Waals surface area contributed by atoms with E-state index in [1.165, 1.54) is 23.9 Å². The number of aliphatic imine (C=N–C) groups is 1. The van der Waals surface area contributed by atoms with Gasteiger partial charge in [-0.15, -0.1) is 0 Å². The first-order chi connectivity index (χ1) is 15.5. The maximum atomic E-state index is 13.1. The maximum Gasteiger partial charge on any atom is 0.335 e. The van der Waals surface area contributed by atoms with Gasteiger partial charge in [0.25, 0.3) is 5.91 Å². The number of nitrogens with zero attached hydrogens (tertiary/aromatic N) is 2. The number of carboxylic acid groups (broad SMARTS) is 1. The van der Waals surface area contributed by atoms with E-state index in [0.29, 0.717) is 28.9 Å². The van der Waals surface area contributed by atoms with E-state index in [2.05, 4.69) is 4.99 Å². The van der Waals surface area contributed by atoms with Gasteiger partial charge in [-0.25, -0.2) is 9.79 Å². The largest absolute Gasteiger partial charge is 0.493 e. The number of amides is 1. The first-order valence-corrected chi connectivity index (χ1v) is 11.1. The number of hydrogen-bond donors (Lipinski definition) is 1. The van der Waals surface area contributed by atoms with Crippen LogP contribution in [0.3, 0.4) is 0 Å². The van der Waals surface area contributed by atoms with Crippen molar-refractivity contribution < 1.29 is 19.4 Å². The lowest BCUT2D eigenvalue weighted by Crippen LogP contribution is -2.28. The van der Waals surface area contributed by atoms with Crippen molar-refractivity contribution in [1.29, 1.82) is 0 Å². The number of aromatic carboxylic acids is 1. The lowest BCUT2D eigenvalue weighted by Gasteiger charge is -2.12. The number of carbonyl (C=O) groups is 2. The predicted octanol–water partition coefficient (Wildman–Crippen LogP) is 5.56. The summed E-state index contributed by atoms with van der Waals surface area (Å²) < 4.78 is 5.84. The van der Waals surface area contributed by atoms with E-state index in [1.54, 1.807) is 17.0 Å². The Balaban J connectivity index is 1.78. The van der Waals surface area contributed by atoms with Crippen LogP contribution in [-0.2, 0) is 4.79 Å². The molecule has 7 heteroatoms. The summed E-state index contributed by atoms with van der Waals surface area (Å²) in [6, 6.07) is 18.3. The Morgan fingerprint density at radius 1 is 1.12 bits per heavy atom. The number of ether oxygens (including phenoxy) is 1. The fraction of sp³-hybridized carbons (Fsp3) is 0.160. The normalized spacial score (nSPS) is 16.3. The molecule has 0 aromatic heterocycles. The molecule has 3 aromatic carbocycles. The molecular formula is C25H22N2O4S. The van der Waals surface area contributed by atoms with Gasteiger partial charge in [-0.2, -0.15) is 0 Å². The third kappa shape index (κ3) is 4.24. The van der Waals surface area contributed by atoms with Crippen LogP contribution in [0.4, 0.5) is 5.69 Å². The molecule has 4 rings (SSSR count). The number of carbonyl (C=O) groups excluding carboxylic acids is 1. The Morgan fingerprint density at radius 2 is 1.94 bits per heavy atom. The molecule has 1 N–H and O–H groups in total. The molecule has 0 saturated carbocycles. The van der Waals surface area contributed by atoms with Crippen LogP contribution in [0.1, 0.15) is 29.8 Å². The van der Waals surface area contributed by atoms with Gasteiger partial charge in [-0.3, -0.25) is 9.69 Å². The fourth-order valence-electron chi connectivity index (χ4n) is 3.53. The van der Waals surface area contributed by atoms with Crippen molar-refractivity contribution in [2.75, 3.05) is 13.2 Å². The molecule has 1 amide bonds. The van der Waals surface area contributed by atoms with Gasteiger partial charge in [0.15, 0.2) is 5.17 Å². The summed E-state index contributed by atoms with van der Waals surface area (Å²) in [7, 11) is 0. The number of carboxylic acids is 1. The highest BCUT2D eigenvalue weighted by Crippen LogP contribution is 2.37. The minimum atomic E-state index is -1.02. The molecule has 0 unspecified atom stereocenters. The van der Waals surface area contributed by atoms with Gasteiger partial charge in [0.2, 0.25) is 0 Å². The molecular weight excluding hydrogens is 424 g/mol. The summed E-state index contributed by atoms with van der Waals surface area (Å²) >= 11 is 1.28. The molecule has 6 nitrogen and oxygen atoms in total. The second-order valence-electron chi connectivity index (χ2n) is 7.04. The molecule has 0 spiro atoms. The van der Waals surface area contributed by atoms with Gasteiger partial charge in [0, 0.05) is 12.1 Å². The average Bonchev–Trinajstić information content (AvgIpc) is 3.09. The second kappa shape index (κ2) is 9.28. The van der Waals surface area contributed by atoms with Crippen LogP contribution in [0.5, 0.6) is 5.75 Å². The Bertz CT molecular complexity index is 1270. The second-order valence-corrected chi connectivity index (χ2v) is 8.05. The molecule has 3 aromatic rings. The smallest absolute Gasteiger partial charge is 0.335 e. The summed E-state index contributed by atoms with van der Waals surface area (Å²) in [6.45, 7) is 4.78. The van der Waals surface area contributed by atoms with Crippen molar-refractivity contribution in [3.05, 3.63) is 76.7 Å². The van der Waals surface area contributed by atoms with Crippen LogP contribution in [-0.4, -0.2) is 40.2 Å². The van der Waals surface area contributed by atoms with Gasteiger partial charge in [-0.1, -0.05) is 36.4 Å². The molecule has 0 aliphatic carbocycles. The molecule has 0 atom stereocenters. The average molecular weight is 447 g/mol. The zero-order valence-electron chi connectivity index (χ0n) is 17.7. The van der Waals surface area contributed by atoms with Crippen molar-refractivity contribution in [1.82, 2.24) is 4.90 Å². The minimum Gasteiger partial charge on any atom is -0.493 e. The van der Waals surface area contributed by atoms with E-state index >= 15 is 0 Å². The number of fused-ring (bicyclic) bond motifs is 1. The highest BCUT2D eigenvalue weighted by molar-refractivity contribution is 8.18. The molecule has 32 heavy (non-hydrogen) atoms. The molecule has 1 aliphatic rings. The predicted molar refractivity (Wildman–Crippen MR) is 129 cm³/mol. The Morgan fingerprint density at radius 3 is 2.69 bits per heavy atom. The van der Waals surface area contributed by atoms with Crippen LogP contribution in [0.2, 0.25) is 0 Å². The quantitative estimate of drug-likeness (QED) is 0.502. The number of benzene rings is 3. The topological polar surface area (TPSA) is 79.2 Å². The summed E-state index contributed by atoms with van der Waals surface area (Å²) in [5.41, 5.74) is 1.49. The fourth-order valence-corrected chi connectivity index (χ4v) is 4.57. The van der Waals surface area contributed by atoms with Gasteiger partial charge < -0.3 is 9.84 Å².